The van der Waals surface area contributed by atoms with E-state index in [0.717, 1.165) is 44.9 Å². The number of fused-ring (bicyclic) bond motifs is 1. The molecule has 0 radical (unpaired) electrons. The zero-order chi connectivity index (χ0) is 14.9. The fourth-order valence-corrected chi connectivity index (χ4v) is 3.89. The highest BCUT2D eigenvalue weighted by Crippen LogP contribution is 2.37. The lowest BCUT2D eigenvalue weighted by Crippen LogP contribution is -2.49. The minimum absolute atomic E-state index is 0. The summed E-state index contributed by atoms with van der Waals surface area (Å²) in [5.41, 5.74) is 8.14. The van der Waals surface area contributed by atoms with E-state index in [1.807, 2.05) is 0 Å². The second-order valence-electron chi connectivity index (χ2n) is 6.93. The van der Waals surface area contributed by atoms with Crippen LogP contribution in [0.3, 0.4) is 0 Å². The summed E-state index contributed by atoms with van der Waals surface area (Å²) in [6.07, 6.45) is 7.22. The minimum Gasteiger partial charge on any atom is -0.353 e. The predicted molar refractivity (Wildman–Crippen MR) is 92.4 cm³/mol. The summed E-state index contributed by atoms with van der Waals surface area (Å²) in [6.45, 7) is 2.11. The molecule has 22 heavy (non-hydrogen) atoms. The Bertz CT molecular complexity index is 526. The Balaban J connectivity index is 0.00000176. The van der Waals surface area contributed by atoms with Crippen molar-refractivity contribution in [3.8, 4) is 0 Å². The second-order valence-corrected chi connectivity index (χ2v) is 6.93. The molecular weight excluding hydrogens is 296 g/mol. The van der Waals surface area contributed by atoms with E-state index in [9.17, 15) is 4.79 Å². The normalized spacial score (nSPS) is 30.8. The lowest BCUT2D eigenvalue weighted by Gasteiger charge is -2.37. The molecule has 2 aliphatic rings. The fraction of sp³-hybridized carbons (Fsp3) is 0.611. The van der Waals surface area contributed by atoms with Gasteiger partial charge >= 0.3 is 0 Å². The van der Waals surface area contributed by atoms with E-state index < -0.39 is 0 Å². The molecule has 122 valence electrons. The van der Waals surface area contributed by atoms with Gasteiger partial charge < -0.3 is 11.1 Å². The van der Waals surface area contributed by atoms with Crippen LogP contribution in [0.2, 0.25) is 0 Å². The molecule has 3 nitrogen and oxygen atoms in total. The van der Waals surface area contributed by atoms with Crippen LogP contribution >= 0.6 is 12.4 Å². The van der Waals surface area contributed by atoms with E-state index in [1.165, 1.54) is 11.1 Å². The van der Waals surface area contributed by atoms with Crippen LogP contribution in [0.1, 0.15) is 56.6 Å². The fourth-order valence-electron chi connectivity index (χ4n) is 3.89. The van der Waals surface area contributed by atoms with Crippen molar-refractivity contribution in [2.75, 3.05) is 0 Å². The molecule has 2 aliphatic carbocycles. The number of amides is 1. The van der Waals surface area contributed by atoms with Crippen molar-refractivity contribution < 1.29 is 4.79 Å². The molecule has 0 spiro atoms. The topological polar surface area (TPSA) is 55.1 Å². The number of carbonyl (C=O) groups excluding carboxylic acids is 1. The third kappa shape index (κ3) is 3.31. The zero-order valence-corrected chi connectivity index (χ0v) is 14.1. The summed E-state index contributed by atoms with van der Waals surface area (Å²) < 4.78 is 0. The number of nitrogens with one attached hydrogen (secondary N) is 1. The number of rotatable bonds is 2. The molecule has 3 rings (SSSR count). The summed E-state index contributed by atoms with van der Waals surface area (Å²) in [4.78, 5) is 12.9. The summed E-state index contributed by atoms with van der Waals surface area (Å²) in [5.74, 6) is 0.204. The first kappa shape index (κ1) is 17.3. The van der Waals surface area contributed by atoms with Crippen LogP contribution in [0.5, 0.6) is 0 Å². The number of hydrogen-bond donors (Lipinski definition) is 2. The maximum atomic E-state index is 12.9. The summed E-state index contributed by atoms with van der Waals surface area (Å²) in [6, 6.07) is 9.05. The quantitative estimate of drug-likeness (QED) is 0.879. The second kappa shape index (κ2) is 7.01. The van der Waals surface area contributed by atoms with E-state index in [4.69, 9.17) is 5.73 Å². The number of hydrogen-bond acceptors (Lipinski definition) is 2. The van der Waals surface area contributed by atoms with E-state index in [-0.39, 0.29) is 23.7 Å². The van der Waals surface area contributed by atoms with E-state index >= 15 is 0 Å². The number of halogens is 1. The Morgan fingerprint density at radius 2 is 1.91 bits per heavy atom. The first-order valence-electron chi connectivity index (χ1n) is 8.24. The van der Waals surface area contributed by atoms with Crippen molar-refractivity contribution in [3.63, 3.8) is 0 Å². The van der Waals surface area contributed by atoms with Crippen LogP contribution in [-0.2, 0) is 16.6 Å². The SMILES string of the molecule is CC1(C(=O)NC2CCC(N)CC2)CCCc2ccccc21.Cl. The molecule has 1 fully saturated rings. The van der Waals surface area contributed by atoms with Gasteiger partial charge in [0, 0.05) is 12.1 Å². The maximum Gasteiger partial charge on any atom is 0.230 e. The molecule has 1 unspecified atom stereocenters. The third-order valence-corrected chi connectivity index (χ3v) is 5.34. The van der Waals surface area contributed by atoms with Gasteiger partial charge in [-0.15, -0.1) is 12.4 Å². The molecule has 1 saturated carbocycles. The van der Waals surface area contributed by atoms with Crippen LogP contribution in [0, 0.1) is 0 Å². The molecule has 1 aromatic carbocycles. The van der Waals surface area contributed by atoms with Crippen LogP contribution in [0.15, 0.2) is 24.3 Å². The predicted octanol–water partition coefficient (Wildman–Crippen LogP) is 3.09. The largest absolute Gasteiger partial charge is 0.353 e. The Kier molecular flexibility index (Phi) is 5.51. The van der Waals surface area contributed by atoms with Gasteiger partial charge in [0.15, 0.2) is 0 Å². The van der Waals surface area contributed by atoms with Crippen LogP contribution < -0.4 is 11.1 Å². The number of carbonyl (C=O) groups is 1. The molecular formula is C18H27ClN2O. The van der Waals surface area contributed by atoms with Crippen LogP contribution in [0.25, 0.3) is 0 Å². The van der Waals surface area contributed by atoms with Gasteiger partial charge in [-0.1, -0.05) is 24.3 Å². The Labute approximate surface area is 139 Å². The van der Waals surface area contributed by atoms with Crippen LogP contribution in [0.4, 0.5) is 0 Å². The van der Waals surface area contributed by atoms with Gasteiger partial charge in [0.2, 0.25) is 5.91 Å². The van der Waals surface area contributed by atoms with Gasteiger partial charge in [-0.2, -0.15) is 0 Å². The molecule has 1 aromatic rings. The van der Waals surface area contributed by atoms with E-state index in [1.54, 1.807) is 0 Å². The standard InChI is InChI=1S/C18H26N2O.ClH/c1-18(12-4-6-13-5-2-3-7-16(13)18)17(21)20-15-10-8-14(19)9-11-15;/h2-3,5,7,14-15H,4,6,8-12,19H2,1H3,(H,20,21);1H. The molecule has 0 bridgehead atoms. The molecule has 0 aliphatic heterocycles. The van der Waals surface area contributed by atoms with Crippen molar-refractivity contribution in [1.29, 1.82) is 0 Å². The van der Waals surface area contributed by atoms with Crippen molar-refractivity contribution in [3.05, 3.63) is 35.4 Å². The van der Waals surface area contributed by atoms with Gasteiger partial charge in [-0.05, 0) is 63.0 Å². The zero-order valence-electron chi connectivity index (χ0n) is 13.3. The lowest BCUT2D eigenvalue weighted by molar-refractivity contribution is -0.127. The monoisotopic (exact) mass is 322 g/mol. The molecule has 1 atom stereocenters. The highest BCUT2D eigenvalue weighted by molar-refractivity contribution is 5.88. The molecule has 0 saturated heterocycles. The summed E-state index contributed by atoms with van der Waals surface area (Å²) in [5, 5.41) is 3.30. The first-order chi connectivity index (χ1) is 10.1. The summed E-state index contributed by atoms with van der Waals surface area (Å²) in [7, 11) is 0. The maximum absolute atomic E-state index is 12.9. The van der Waals surface area contributed by atoms with Crippen molar-refractivity contribution in [1.82, 2.24) is 5.32 Å². The Morgan fingerprint density at radius 1 is 1.23 bits per heavy atom. The van der Waals surface area contributed by atoms with Gasteiger partial charge in [-0.3, -0.25) is 4.79 Å². The average Bonchev–Trinajstić information content (AvgIpc) is 2.50. The Hall–Kier alpha value is -1.06. The minimum atomic E-state index is -0.367. The highest BCUT2D eigenvalue weighted by atomic mass is 35.5. The first-order valence-corrected chi connectivity index (χ1v) is 8.24. The summed E-state index contributed by atoms with van der Waals surface area (Å²) >= 11 is 0. The number of nitrogens with two attached hydrogens (primary N) is 1. The molecule has 3 N–H and O–H groups in total. The van der Waals surface area contributed by atoms with Crippen molar-refractivity contribution >= 4 is 18.3 Å². The van der Waals surface area contributed by atoms with E-state index in [2.05, 4.69) is 36.5 Å². The third-order valence-electron chi connectivity index (χ3n) is 5.34. The average molecular weight is 323 g/mol. The molecule has 0 aromatic heterocycles. The van der Waals surface area contributed by atoms with Gasteiger partial charge in [0.25, 0.3) is 0 Å². The van der Waals surface area contributed by atoms with Crippen molar-refractivity contribution in [2.45, 2.75) is 69.4 Å². The van der Waals surface area contributed by atoms with Gasteiger partial charge in [0.05, 0.1) is 5.41 Å². The van der Waals surface area contributed by atoms with Gasteiger partial charge in [0.1, 0.15) is 0 Å². The lowest BCUT2D eigenvalue weighted by atomic mass is 9.70. The van der Waals surface area contributed by atoms with E-state index in [0.29, 0.717) is 12.1 Å². The smallest absolute Gasteiger partial charge is 0.230 e. The molecule has 4 heteroatoms. The molecule has 1 amide bonds. The Morgan fingerprint density at radius 3 is 2.64 bits per heavy atom. The van der Waals surface area contributed by atoms with Crippen molar-refractivity contribution in [2.24, 2.45) is 5.73 Å². The number of benzene rings is 1. The van der Waals surface area contributed by atoms with Crippen LogP contribution in [-0.4, -0.2) is 18.0 Å². The number of aryl methyl sites for hydroxylation is 1. The van der Waals surface area contributed by atoms with Gasteiger partial charge in [-0.25, -0.2) is 0 Å². The molecule has 0 heterocycles. The highest BCUT2D eigenvalue weighted by Gasteiger charge is 2.39.